The highest BCUT2D eigenvalue weighted by atomic mass is 32.1. The molecule has 0 atom stereocenters. The Kier molecular flexibility index (Phi) is 1.75. The molecule has 0 saturated heterocycles. The molecule has 0 unspecified atom stereocenters. The van der Waals surface area contributed by atoms with E-state index < -0.39 is 0 Å². The minimum absolute atomic E-state index is 1.01. The predicted octanol–water partition coefficient (Wildman–Crippen LogP) is 3.08. The Morgan fingerprint density at radius 2 is 1.38 bits per heavy atom. The van der Waals surface area contributed by atoms with E-state index in [2.05, 4.69) is 26.8 Å². The Morgan fingerprint density at radius 3 is 1.92 bits per heavy atom. The number of thiophene rings is 2. The summed E-state index contributed by atoms with van der Waals surface area (Å²) < 4.78 is 0. The Balaban J connectivity index is 2.27. The largest absolute Gasteiger partial charge is 0.309 e. The van der Waals surface area contributed by atoms with Crippen molar-refractivity contribution in [2.75, 3.05) is 0 Å². The van der Waals surface area contributed by atoms with Gasteiger partial charge in [-0.25, -0.2) is 0 Å². The fourth-order valence-electron chi connectivity index (χ4n) is 1.73. The highest BCUT2D eigenvalue weighted by Crippen LogP contribution is 2.34. The first-order valence-electron chi connectivity index (χ1n) is 4.26. The van der Waals surface area contributed by atoms with Crippen molar-refractivity contribution >= 4 is 22.7 Å². The minimum Gasteiger partial charge on any atom is -0.309 e. The van der Waals surface area contributed by atoms with Crippen molar-refractivity contribution in [2.45, 2.75) is 13.1 Å². The van der Waals surface area contributed by atoms with Gasteiger partial charge in [-0.05, 0) is 43.8 Å². The molecule has 0 aromatic carbocycles. The highest BCUT2D eigenvalue weighted by molar-refractivity contribution is 7.09. The van der Waals surface area contributed by atoms with Crippen LogP contribution in [0.1, 0.15) is 11.1 Å². The molecule has 1 nitrogen and oxygen atoms in total. The quantitative estimate of drug-likeness (QED) is 0.700. The van der Waals surface area contributed by atoms with Gasteiger partial charge in [0.1, 0.15) is 0 Å². The number of hydrogen-bond acceptors (Lipinski definition) is 3. The molecule has 3 rings (SSSR count). The first kappa shape index (κ1) is 7.74. The van der Waals surface area contributed by atoms with Gasteiger partial charge in [0.2, 0.25) is 0 Å². The summed E-state index contributed by atoms with van der Waals surface area (Å²) in [5.74, 6) is 0. The van der Waals surface area contributed by atoms with Crippen LogP contribution < -0.4 is 5.32 Å². The van der Waals surface area contributed by atoms with Crippen LogP contribution in [-0.2, 0) is 13.1 Å². The first-order valence-corrected chi connectivity index (χ1v) is 6.15. The van der Waals surface area contributed by atoms with Crippen LogP contribution in [0.4, 0.5) is 0 Å². The maximum absolute atomic E-state index is 3.45. The Labute approximate surface area is 85.0 Å². The zero-order chi connectivity index (χ0) is 8.67. The van der Waals surface area contributed by atoms with Gasteiger partial charge in [0.15, 0.2) is 0 Å². The molecular weight excluding hydrogens is 198 g/mol. The fourth-order valence-corrected chi connectivity index (χ4v) is 3.44. The van der Waals surface area contributed by atoms with E-state index >= 15 is 0 Å². The van der Waals surface area contributed by atoms with Gasteiger partial charge in [0, 0.05) is 13.1 Å². The lowest BCUT2D eigenvalue weighted by atomic mass is 10.1. The summed E-state index contributed by atoms with van der Waals surface area (Å²) in [6.45, 7) is 2.02. The molecule has 2 aromatic rings. The van der Waals surface area contributed by atoms with Gasteiger partial charge >= 0.3 is 0 Å². The van der Waals surface area contributed by atoms with E-state index in [0.717, 1.165) is 13.1 Å². The summed E-state index contributed by atoms with van der Waals surface area (Å²) in [6, 6.07) is 0. The SMILES string of the molecule is c1scc2c1CNCc1cscc1-2. The number of hydrogen-bond donors (Lipinski definition) is 1. The molecule has 1 aliphatic heterocycles. The van der Waals surface area contributed by atoms with Gasteiger partial charge in [-0.3, -0.25) is 0 Å². The molecule has 13 heavy (non-hydrogen) atoms. The van der Waals surface area contributed by atoms with E-state index in [4.69, 9.17) is 0 Å². The summed E-state index contributed by atoms with van der Waals surface area (Å²) in [6.07, 6.45) is 0. The Morgan fingerprint density at radius 1 is 0.846 bits per heavy atom. The van der Waals surface area contributed by atoms with E-state index in [1.165, 1.54) is 22.3 Å². The summed E-state index contributed by atoms with van der Waals surface area (Å²) in [4.78, 5) is 0. The predicted molar refractivity (Wildman–Crippen MR) is 58.2 cm³/mol. The lowest BCUT2D eigenvalue weighted by molar-refractivity contribution is 0.706. The second kappa shape index (κ2) is 2.94. The average Bonchev–Trinajstić information content (AvgIpc) is 2.72. The summed E-state index contributed by atoms with van der Waals surface area (Å²) >= 11 is 3.59. The highest BCUT2D eigenvalue weighted by Gasteiger charge is 2.14. The van der Waals surface area contributed by atoms with Crippen LogP contribution in [0.2, 0.25) is 0 Å². The summed E-state index contributed by atoms with van der Waals surface area (Å²) in [5.41, 5.74) is 5.77. The molecule has 0 aliphatic carbocycles. The second-order valence-corrected chi connectivity index (χ2v) is 4.71. The molecule has 0 radical (unpaired) electrons. The van der Waals surface area contributed by atoms with Gasteiger partial charge in [-0.2, -0.15) is 22.7 Å². The van der Waals surface area contributed by atoms with Crippen LogP contribution in [0.15, 0.2) is 21.5 Å². The van der Waals surface area contributed by atoms with Crippen LogP contribution in [0.5, 0.6) is 0 Å². The molecule has 0 saturated carbocycles. The third-order valence-corrected chi connectivity index (χ3v) is 3.99. The molecule has 1 N–H and O–H groups in total. The molecule has 0 bridgehead atoms. The summed E-state index contributed by atoms with van der Waals surface area (Å²) in [7, 11) is 0. The average molecular weight is 207 g/mol. The second-order valence-electron chi connectivity index (χ2n) is 3.22. The molecular formula is C10H9NS2. The number of fused-ring (bicyclic) bond motifs is 3. The molecule has 3 heteroatoms. The van der Waals surface area contributed by atoms with Gasteiger partial charge in [0.05, 0.1) is 0 Å². The standard InChI is InChI=1S/C10H9NS2/c1-7-3-12-5-9(7)10-6-13-4-8(10)2-11-1/h3-6,11H,1-2H2. The van der Waals surface area contributed by atoms with Gasteiger partial charge in [0.25, 0.3) is 0 Å². The third kappa shape index (κ3) is 1.15. The fraction of sp³-hybridized carbons (Fsp3) is 0.200. The summed E-state index contributed by atoms with van der Waals surface area (Å²) in [5, 5.41) is 12.5. The van der Waals surface area contributed by atoms with Crippen molar-refractivity contribution in [1.82, 2.24) is 5.32 Å². The molecule has 0 fully saturated rings. The molecule has 1 aliphatic rings. The van der Waals surface area contributed by atoms with Crippen molar-refractivity contribution in [3.8, 4) is 11.1 Å². The molecule has 2 aromatic heterocycles. The van der Waals surface area contributed by atoms with Gasteiger partial charge in [-0.15, -0.1) is 0 Å². The van der Waals surface area contributed by atoms with E-state index in [1.54, 1.807) is 22.7 Å². The van der Waals surface area contributed by atoms with Crippen molar-refractivity contribution in [1.29, 1.82) is 0 Å². The van der Waals surface area contributed by atoms with Crippen molar-refractivity contribution in [3.05, 3.63) is 32.6 Å². The van der Waals surface area contributed by atoms with Crippen LogP contribution in [0.3, 0.4) is 0 Å². The molecule has 0 amide bonds. The first-order chi connectivity index (χ1) is 6.45. The minimum atomic E-state index is 1.01. The normalized spacial score (nSPS) is 14.8. The van der Waals surface area contributed by atoms with Gasteiger partial charge < -0.3 is 5.32 Å². The number of nitrogens with one attached hydrogen (secondary N) is 1. The van der Waals surface area contributed by atoms with Gasteiger partial charge in [-0.1, -0.05) is 0 Å². The van der Waals surface area contributed by atoms with E-state index in [1.807, 2.05) is 0 Å². The Bertz CT molecular complexity index is 387. The van der Waals surface area contributed by atoms with Crippen LogP contribution in [0, 0.1) is 0 Å². The zero-order valence-electron chi connectivity index (χ0n) is 7.04. The van der Waals surface area contributed by atoms with Crippen LogP contribution in [0.25, 0.3) is 11.1 Å². The molecule has 66 valence electrons. The van der Waals surface area contributed by atoms with Crippen LogP contribution >= 0.6 is 22.7 Å². The van der Waals surface area contributed by atoms with E-state index in [0.29, 0.717) is 0 Å². The lowest BCUT2D eigenvalue weighted by Crippen LogP contribution is -2.09. The third-order valence-electron chi connectivity index (χ3n) is 2.41. The molecule has 0 spiro atoms. The van der Waals surface area contributed by atoms with Crippen molar-refractivity contribution in [3.63, 3.8) is 0 Å². The Hall–Kier alpha value is -0.640. The monoisotopic (exact) mass is 207 g/mol. The van der Waals surface area contributed by atoms with Crippen molar-refractivity contribution in [2.24, 2.45) is 0 Å². The number of rotatable bonds is 0. The van der Waals surface area contributed by atoms with Crippen LogP contribution in [-0.4, -0.2) is 0 Å². The maximum atomic E-state index is 3.45. The topological polar surface area (TPSA) is 12.0 Å². The zero-order valence-corrected chi connectivity index (χ0v) is 8.67. The van der Waals surface area contributed by atoms with Crippen molar-refractivity contribution < 1.29 is 0 Å². The van der Waals surface area contributed by atoms with E-state index in [9.17, 15) is 0 Å². The molecule has 3 heterocycles. The maximum Gasteiger partial charge on any atom is 0.0223 e. The lowest BCUT2D eigenvalue weighted by Gasteiger charge is -1.96. The van der Waals surface area contributed by atoms with E-state index in [-0.39, 0.29) is 0 Å². The smallest absolute Gasteiger partial charge is 0.0223 e.